The monoisotopic (exact) mass is 339 g/mol. The molecular formula is C15H21N3O2S2. The number of thiophene rings is 1. The minimum Gasteiger partial charge on any atom is -0.360 e. The number of rotatable bonds is 7. The summed E-state index contributed by atoms with van der Waals surface area (Å²) in [4.78, 5) is 7.34. The van der Waals surface area contributed by atoms with Crippen molar-refractivity contribution in [3.05, 3.63) is 35.3 Å². The van der Waals surface area contributed by atoms with E-state index in [4.69, 9.17) is 0 Å². The Kier molecular flexibility index (Phi) is 5.42. The Morgan fingerprint density at radius 1 is 1.27 bits per heavy atom. The Balaban J connectivity index is 2.08. The van der Waals surface area contributed by atoms with Crippen LogP contribution in [0.5, 0.6) is 0 Å². The fraction of sp³-hybridized carbons (Fsp3) is 0.400. The van der Waals surface area contributed by atoms with Gasteiger partial charge in [0.1, 0.15) is 10.0 Å². The SMILES string of the molecule is CCCCN(C)c1ccc(NS(=O)(=O)c2ccc(C)s2)cn1. The van der Waals surface area contributed by atoms with Gasteiger partial charge in [-0.25, -0.2) is 13.4 Å². The molecule has 0 saturated heterocycles. The summed E-state index contributed by atoms with van der Waals surface area (Å²) in [6.07, 6.45) is 3.78. The summed E-state index contributed by atoms with van der Waals surface area (Å²) in [5.74, 6) is 0.836. The molecule has 0 atom stereocenters. The average Bonchev–Trinajstić information content (AvgIpc) is 2.92. The summed E-state index contributed by atoms with van der Waals surface area (Å²) >= 11 is 1.25. The van der Waals surface area contributed by atoms with Crippen LogP contribution in [0.4, 0.5) is 11.5 Å². The van der Waals surface area contributed by atoms with Gasteiger partial charge in [-0.05, 0) is 37.6 Å². The molecule has 2 aromatic rings. The Morgan fingerprint density at radius 3 is 2.59 bits per heavy atom. The van der Waals surface area contributed by atoms with E-state index in [1.807, 2.05) is 20.0 Å². The van der Waals surface area contributed by atoms with Gasteiger partial charge in [-0.3, -0.25) is 4.72 Å². The van der Waals surface area contributed by atoms with Gasteiger partial charge < -0.3 is 4.90 Å². The third-order valence-electron chi connectivity index (χ3n) is 3.22. The van der Waals surface area contributed by atoms with Crippen LogP contribution < -0.4 is 9.62 Å². The van der Waals surface area contributed by atoms with Gasteiger partial charge in [-0.1, -0.05) is 13.3 Å². The van der Waals surface area contributed by atoms with E-state index in [0.717, 1.165) is 30.1 Å². The Bertz CT molecular complexity index is 709. The van der Waals surface area contributed by atoms with Gasteiger partial charge >= 0.3 is 0 Å². The lowest BCUT2D eigenvalue weighted by atomic mass is 10.3. The van der Waals surface area contributed by atoms with Crippen LogP contribution in [0, 0.1) is 6.92 Å². The number of nitrogens with one attached hydrogen (secondary N) is 1. The van der Waals surface area contributed by atoms with Crippen molar-refractivity contribution in [2.24, 2.45) is 0 Å². The number of anilines is 2. The smallest absolute Gasteiger partial charge is 0.271 e. The summed E-state index contributed by atoms with van der Waals surface area (Å²) in [6.45, 7) is 4.96. The molecule has 2 heterocycles. The number of sulfonamides is 1. The summed E-state index contributed by atoms with van der Waals surface area (Å²) in [7, 11) is -1.54. The normalized spacial score (nSPS) is 11.4. The number of pyridine rings is 1. The van der Waals surface area contributed by atoms with E-state index in [9.17, 15) is 8.42 Å². The van der Waals surface area contributed by atoms with Gasteiger partial charge in [0.2, 0.25) is 0 Å². The number of aryl methyl sites for hydroxylation is 1. The van der Waals surface area contributed by atoms with Crippen molar-refractivity contribution < 1.29 is 8.42 Å². The van der Waals surface area contributed by atoms with Gasteiger partial charge in [0, 0.05) is 18.5 Å². The van der Waals surface area contributed by atoms with Crippen LogP contribution in [0.25, 0.3) is 0 Å². The lowest BCUT2D eigenvalue weighted by Crippen LogP contribution is -2.19. The molecule has 120 valence electrons. The van der Waals surface area contributed by atoms with Crippen LogP contribution in [0.1, 0.15) is 24.6 Å². The topological polar surface area (TPSA) is 62.3 Å². The molecule has 5 nitrogen and oxygen atoms in total. The number of unbranched alkanes of at least 4 members (excludes halogenated alkanes) is 1. The summed E-state index contributed by atoms with van der Waals surface area (Å²) in [6, 6.07) is 6.97. The number of hydrogen-bond donors (Lipinski definition) is 1. The van der Waals surface area contributed by atoms with Crippen molar-refractivity contribution in [1.82, 2.24) is 4.98 Å². The van der Waals surface area contributed by atoms with Crippen LogP contribution in [0.2, 0.25) is 0 Å². The first-order valence-electron chi connectivity index (χ1n) is 7.19. The lowest BCUT2D eigenvalue weighted by molar-refractivity contribution is 0.603. The molecule has 22 heavy (non-hydrogen) atoms. The van der Waals surface area contributed by atoms with Gasteiger partial charge in [0.25, 0.3) is 10.0 Å². The van der Waals surface area contributed by atoms with Crippen molar-refractivity contribution in [2.45, 2.75) is 30.9 Å². The highest BCUT2D eigenvalue weighted by atomic mass is 32.2. The van der Waals surface area contributed by atoms with Gasteiger partial charge in [0.05, 0.1) is 11.9 Å². The van der Waals surface area contributed by atoms with Crippen molar-refractivity contribution in [1.29, 1.82) is 0 Å². The molecule has 0 unspecified atom stereocenters. The van der Waals surface area contributed by atoms with Gasteiger partial charge in [0.15, 0.2) is 0 Å². The molecule has 0 aliphatic carbocycles. The third kappa shape index (κ3) is 4.20. The minimum atomic E-state index is -3.52. The van der Waals surface area contributed by atoms with E-state index < -0.39 is 10.0 Å². The molecule has 0 aromatic carbocycles. The maximum absolute atomic E-state index is 12.2. The Labute approximate surface area is 136 Å². The highest BCUT2D eigenvalue weighted by Crippen LogP contribution is 2.23. The van der Waals surface area contributed by atoms with E-state index in [2.05, 4.69) is 21.5 Å². The average molecular weight is 339 g/mol. The molecule has 7 heteroatoms. The Morgan fingerprint density at radius 2 is 2.05 bits per heavy atom. The molecule has 1 N–H and O–H groups in total. The van der Waals surface area contributed by atoms with E-state index >= 15 is 0 Å². The zero-order chi connectivity index (χ0) is 16.2. The van der Waals surface area contributed by atoms with Crippen LogP contribution in [0.3, 0.4) is 0 Å². The standard InChI is InChI=1S/C15H21N3O2S2/c1-4-5-10-18(3)14-8-7-13(11-16-14)17-22(19,20)15-9-6-12(2)21-15/h6-9,11,17H,4-5,10H2,1-3H3. The predicted octanol–water partition coefficient (Wildman–Crippen LogP) is 3.49. The van der Waals surface area contributed by atoms with E-state index in [-0.39, 0.29) is 0 Å². The van der Waals surface area contributed by atoms with Crippen LogP contribution in [-0.4, -0.2) is 27.0 Å². The molecule has 2 aromatic heterocycles. The predicted molar refractivity (Wildman–Crippen MR) is 92.3 cm³/mol. The van der Waals surface area contributed by atoms with Crippen molar-refractivity contribution in [2.75, 3.05) is 23.2 Å². The van der Waals surface area contributed by atoms with Crippen LogP contribution in [-0.2, 0) is 10.0 Å². The fourth-order valence-corrected chi connectivity index (χ4v) is 4.27. The Hall–Kier alpha value is -1.60. The largest absolute Gasteiger partial charge is 0.360 e. The van der Waals surface area contributed by atoms with Crippen molar-refractivity contribution >= 4 is 32.9 Å². The van der Waals surface area contributed by atoms with Crippen molar-refractivity contribution in [3.8, 4) is 0 Å². The lowest BCUT2D eigenvalue weighted by Gasteiger charge is -2.17. The molecular weight excluding hydrogens is 318 g/mol. The molecule has 0 aliphatic rings. The zero-order valence-electron chi connectivity index (χ0n) is 13.0. The first kappa shape index (κ1) is 16.8. The summed E-state index contributed by atoms with van der Waals surface area (Å²) in [5.41, 5.74) is 0.471. The minimum absolute atomic E-state index is 0.314. The summed E-state index contributed by atoms with van der Waals surface area (Å²) < 4.78 is 27.3. The maximum Gasteiger partial charge on any atom is 0.271 e. The molecule has 0 radical (unpaired) electrons. The molecule has 0 aliphatic heterocycles. The second kappa shape index (κ2) is 7.11. The molecule has 2 rings (SSSR count). The maximum atomic E-state index is 12.2. The van der Waals surface area contributed by atoms with E-state index in [1.165, 1.54) is 11.3 Å². The molecule has 0 spiro atoms. The second-order valence-corrected chi connectivity index (χ2v) is 8.35. The molecule has 0 bridgehead atoms. The fourth-order valence-electron chi connectivity index (χ4n) is 1.94. The van der Waals surface area contributed by atoms with E-state index in [0.29, 0.717) is 9.90 Å². The van der Waals surface area contributed by atoms with Crippen LogP contribution in [0.15, 0.2) is 34.7 Å². The zero-order valence-corrected chi connectivity index (χ0v) is 14.7. The first-order chi connectivity index (χ1) is 10.4. The highest BCUT2D eigenvalue weighted by molar-refractivity contribution is 7.94. The number of aromatic nitrogens is 1. The van der Waals surface area contributed by atoms with Gasteiger partial charge in [-0.15, -0.1) is 11.3 Å². The molecule has 0 amide bonds. The van der Waals surface area contributed by atoms with Crippen molar-refractivity contribution in [3.63, 3.8) is 0 Å². The first-order valence-corrected chi connectivity index (χ1v) is 9.49. The second-order valence-electron chi connectivity index (χ2n) is 5.15. The number of hydrogen-bond acceptors (Lipinski definition) is 5. The molecule has 0 fully saturated rings. The highest BCUT2D eigenvalue weighted by Gasteiger charge is 2.16. The van der Waals surface area contributed by atoms with Gasteiger partial charge in [-0.2, -0.15) is 0 Å². The molecule has 0 saturated carbocycles. The quantitative estimate of drug-likeness (QED) is 0.839. The number of nitrogens with zero attached hydrogens (tertiary/aromatic N) is 2. The summed E-state index contributed by atoms with van der Waals surface area (Å²) in [5, 5.41) is 0. The van der Waals surface area contributed by atoms with Crippen LogP contribution >= 0.6 is 11.3 Å². The van der Waals surface area contributed by atoms with E-state index in [1.54, 1.807) is 24.4 Å². The third-order valence-corrected chi connectivity index (χ3v) is 6.09.